The van der Waals surface area contributed by atoms with Gasteiger partial charge in [0.1, 0.15) is 35.5 Å². The molecule has 0 aliphatic heterocycles. The van der Waals surface area contributed by atoms with Crippen LogP contribution in [0.2, 0.25) is 0 Å². The molecule has 0 amide bonds. The number of aliphatic hydroxyl groups excluding tert-OH is 4. The van der Waals surface area contributed by atoms with Crippen molar-refractivity contribution in [2.45, 2.75) is 129 Å². The Kier molecular flexibility index (Phi) is 34.4. The van der Waals surface area contributed by atoms with Crippen LogP contribution in [0.25, 0.3) is 85.4 Å². The molecule has 7 aromatic carbocycles. The van der Waals surface area contributed by atoms with Gasteiger partial charge in [-0.05, 0) is 186 Å². The summed E-state index contributed by atoms with van der Waals surface area (Å²) in [5.41, 5.74) is 19.5. The lowest BCUT2D eigenvalue weighted by Crippen LogP contribution is -2.13. The van der Waals surface area contributed by atoms with Crippen LogP contribution < -0.4 is 34.2 Å². The summed E-state index contributed by atoms with van der Waals surface area (Å²) in [7, 11) is 9.08. The van der Waals surface area contributed by atoms with Crippen molar-refractivity contribution in [2.24, 2.45) is 5.73 Å². The second-order valence-electron chi connectivity index (χ2n) is 31.4. The van der Waals surface area contributed by atoms with E-state index in [0.717, 1.165) is 77.4 Å². The van der Waals surface area contributed by atoms with E-state index in [4.69, 9.17) is 49.2 Å². The van der Waals surface area contributed by atoms with E-state index in [-0.39, 0.29) is 84.5 Å². The number of ether oxygens (including phenoxy) is 6. The molecule has 0 saturated carbocycles. The van der Waals surface area contributed by atoms with Gasteiger partial charge in [-0.2, -0.15) is 0 Å². The van der Waals surface area contributed by atoms with Crippen LogP contribution >= 0.6 is 61.3 Å². The van der Waals surface area contributed by atoms with Crippen molar-refractivity contribution in [2.75, 3.05) is 54.5 Å². The lowest BCUT2D eigenvalue weighted by molar-refractivity contribution is 0.0695. The lowest BCUT2D eigenvalue weighted by Gasteiger charge is -2.15. The highest BCUT2D eigenvalue weighted by Crippen LogP contribution is 2.43. The second-order valence-corrected chi connectivity index (χ2v) is 35.6. The first-order chi connectivity index (χ1) is 61.8. The Bertz CT molecular complexity index is 6100. The monoisotopic (exact) mass is 1890 g/mol. The first-order valence-corrected chi connectivity index (χ1v) is 46.1. The maximum atomic E-state index is 14.2. The average molecular weight is 1890 g/mol. The number of nitrogens with two attached hydrogens (primary N) is 1. The molecule has 674 valence electrons. The molecule has 0 saturated heterocycles. The molecule has 129 heavy (non-hydrogen) atoms. The molecule has 19 nitrogen and oxygen atoms in total. The highest BCUT2D eigenvalue weighted by molar-refractivity contribution is 9.09. The summed E-state index contributed by atoms with van der Waals surface area (Å²) in [4.78, 5) is 54.8. The minimum Gasteiger partial charge on any atom is -0.493 e. The fourth-order valence-corrected chi connectivity index (χ4v) is 18.3. The highest BCUT2D eigenvalue weighted by atomic mass is 79.9. The average Bonchev–Trinajstić information content (AvgIpc) is 1.67. The molecule has 0 aliphatic rings. The number of nitrogens with zero attached hydrogens (tertiary/aromatic N) is 4. The van der Waals surface area contributed by atoms with Crippen molar-refractivity contribution >= 4 is 119 Å². The third-order valence-corrected chi connectivity index (χ3v) is 26.1. The van der Waals surface area contributed by atoms with Gasteiger partial charge in [0.25, 0.3) is 0 Å². The second kappa shape index (κ2) is 45.2. The number of pyridine rings is 4. The fraction of sp³-hybridized carbons (Fsp3) is 0.277. The van der Waals surface area contributed by atoms with Gasteiger partial charge in [-0.25, -0.2) is 42.3 Å². The van der Waals surface area contributed by atoms with Gasteiger partial charge in [-0.3, -0.25) is 9.59 Å². The molecule has 4 unspecified atom stereocenters. The molecule has 7 N–H and O–H groups in total. The summed E-state index contributed by atoms with van der Waals surface area (Å²) >= 11 is 8.73. The number of rotatable bonds is 29. The molecule has 4 atom stereocenters. The predicted molar refractivity (Wildman–Crippen MR) is 512 cm³/mol. The molecule has 28 heteroatoms. The third-order valence-electron chi connectivity index (χ3n) is 21.5. The Morgan fingerprint density at radius 1 is 0.357 bits per heavy atom. The Hall–Kier alpha value is -11.4. The van der Waals surface area contributed by atoms with E-state index in [1.807, 2.05) is 94.3 Å². The number of aromatic nitrogens is 4. The third kappa shape index (κ3) is 23.8. The van der Waals surface area contributed by atoms with Crippen molar-refractivity contribution in [3.05, 3.63) is 282 Å². The topological polar surface area (TPSA) is 285 Å². The summed E-state index contributed by atoms with van der Waals surface area (Å²) in [5.74, 6) is 1.88. The number of halogens is 5. The number of Topliss-reactive ketones (excluding diaryl/α,β-unsaturated/α-hetero) is 2. The van der Waals surface area contributed by atoms with Gasteiger partial charge in [0.15, 0.2) is 46.1 Å². The number of alkyl halides is 1. The van der Waals surface area contributed by atoms with Crippen LogP contribution in [0.4, 0.5) is 17.6 Å². The summed E-state index contributed by atoms with van der Waals surface area (Å²) in [5, 5.41) is 62.2. The van der Waals surface area contributed by atoms with Gasteiger partial charge in [-0.1, -0.05) is 120 Å². The Morgan fingerprint density at radius 3 is 0.860 bits per heavy atom. The SMILES string of the molecule is CC(C)c1cc(-c2csc3c(F)cccc23)nc(C(O)CBr)c1.CC(C)c1cc(-c2csc3c(F)cccc23)nc(C(O)CN)c1.COc1ccc(C(=O)CCC(O)c2cc(C(C)C)cc(-c3csc4c(F)cccc34)n2)cc1OC.COc1ccc(C(=O)CCC(O)c2cc(C(C)C)cc(-c3csc4c(F)cccc34)n2)cc1OC.COc1ccc(C(=O)O)cc1OC. The first-order valence-electron chi connectivity index (χ1n) is 41.5. The largest absolute Gasteiger partial charge is 0.493 e. The molecule has 8 aromatic heterocycles. The lowest BCUT2D eigenvalue weighted by atomic mass is 9.97. The molecule has 0 fully saturated rings. The van der Waals surface area contributed by atoms with Crippen molar-refractivity contribution in [1.82, 2.24) is 19.9 Å². The van der Waals surface area contributed by atoms with E-state index >= 15 is 0 Å². The summed E-state index contributed by atoms with van der Waals surface area (Å²) in [6.07, 6.45) is -2.56. The van der Waals surface area contributed by atoms with Crippen molar-refractivity contribution in [1.29, 1.82) is 0 Å². The highest BCUT2D eigenvalue weighted by Gasteiger charge is 2.25. The molecule has 15 aromatic rings. The quantitative estimate of drug-likeness (QED) is 0.0144. The fourth-order valence-electron chi connectivity index (χ4n) is 14.1. The van der Waals surface area contributed by atoms with Crippen LogP contribution in [0.5, 0.6) is 34.5 Å². The predicted octanol–water partition coefficient (Wildman–Crippen LogP) is 25.2. The zero-order valence-electron chi connectivity index (χ0n) is 73.7. The number of carbonyl (C=O) groups excluding carboxylic acids is 2. The number of fused-ring (bicyclic) bond motifs is 4. The van der Waals surface area contributed by atoms with Crippen LogP contribution in [0.15, 0.2) is 197 Å². The molecule has 0 radical (unpaired) electrons. The number of aliphatic hydroxyl groups is 4. The van der Waals surface area contributed by atoms with Gasteiger partial charge in [0.05, 0.1) is 125 Å². The van der Waals surface area contributed by atoms with Crippen molar-refractivity contribution in [3.63, 3.8) is 0 Å². The van der Waals surface area contributed by atoms with Gasteiger partial charge >= 0.3 is 5.97 Å². The van der Waals surface area contributed by atoms with Gasteiger partial charge < -0.3 is 59.7 Å². The molecule has 15 rings (SSSR count). The van der Waals surface area contributed by atoms with Gasteiger partial charge in [0.2, 0.25) is 0 Å². The van der Waals surface area contributed by atoms with Crippen LogP contribution in [0.3, 0.4) is 0 Å². The number of hydrogen-bond donors (Lipinski definition) is 6. The van der Waals surface area contributed by atoms with Gasteiger partial charge in [-0.15, -0.1) is 45.3 Å². The maximum Gasteiger partial charge on any atom is 0.335 e. The van der Waals surface area contributed by atoms with Crippen LogP contribution in [-0.2, 0) is 0 Å². The normalized spacial score (nSPS) is 12.2. The summed E-state index contributed by atoms with van der Waals surface area (Å²) in [6.45, 7) is 16.8. The minimum atomic E-state index is -0.985. The molecule has 0 bridgehead atoms. The number of methoxy groups -OCH3 is 6. The van der Waals surface area contributed by atoms with E-state index in [2.05, 4.69) is 81.3 Å². The van der Waals surface area contributed by atoms with E-state index < -0.39 is 30.4 Å². The zero-order valence-corrected chi connectivity index (χ0v) is 78.6. The van der Waals surface area contributed by atoms with Crippen LogP contribution in [-0.4, -0.2) is 118 Å². The van der Waals surface area contributed by atoms with Crippen LogP contribution in [0.1, 0.15) is 205 Å². The van der Waals surface area contributed by atoms with E-state index in [0.29, 0.717) is 116 Å². The molecule has 0 spiro atoms. The number of hydrogen-bond acceptors (Lipinski definition) is 22. The summed E-state index contributed by atoms with van der Waals surface area (Å²) in [6, 6.07) is 50.3. The molecule has 8 heterocycles. The Balaban J connectivity index is 0.000000161. The van der Waals surface area contributed by atoms with Crippen LogP contribution in [0, 0.1) is 23.3 Å². The zero-order chi connectivity index (χ0) is 93.2. The number of carbonyl (C=O) groups is 3. The van der Waals surface area contributed by atoms with Crippen molar-refractivity contribution in [3.8, 4) is 79.5 Å². The van der Waals surface area contributed by atoms with Crippen molar-refractivity contribution < 1.29 is 85.9 Å². The van der Waals surface area contributed by atoms with E-state index in [1.54, 1.807) is 66.7 Å². The smallest absolute Gasteiger partial charge is 0.335 e. The Labute approximate surface area is 771 Å². The number of thiophene rings is 4. The summed E-state index contributed by atoms with van der Waals surface area (Å²) < 4.78 is 89.7. The maximum absolute atomic E-state index is 14.2. The number of ketones is 2. The van der Waals surface area contributed by atoms with E-state index in [1.165, 1.54) is 124 Å². The Morgan fingerprint density at radius 2 is 0.612 bits per heavy atom. The standard InChI is InChI=1S/2C28H28FNO4S.C18H17BrFNOS.C18H19FN2OS.C9H10O4/c2*1-16(2)18-12-22(20-15-35-28-19(20)6-5-7-21(28)29)30-23(13-18)25(32)10-9-24(31)17-8-11-26(33-3)27(14-17)34-4;1-10(2)11-6-15(21-16(7-11)17(22)8-19)13-9-23-18-12(13)4-3-5-14(18)20;1-10(2)11-6-15(21-16(7-11)17(22)8-20)13-9-23-18-12(13)4-3-5-14(18)19;1-12-7-4-3-6(9(10)11)5-8(7)13-2/h2*5-8,11-16,25,32H,9-10H2,1-4H3;3-7,9-10,17,22H,8H2,1-2H3;3-7,9-10,17,22H,8,20H2,1-2H3;3-5H,1-2H3,(H,10,11). The van der Waals surface area contributed by atoms with E-state index in [9.17, 15) is 52.4 Å². The number of carboxylic acids is 1. The number of aromatic carboxylic acids is 1. The molecular formula is C101H102BrF4N5O14S4. The number of benzene rings is 7. The number of carboxylic acid groups (broad SMARTS) is 1. The first kappa shape index (κ1) is 98.2. The van der Waals surface area contributed by atoms with Gasteiger partial charge in [0, 0.05) is 101 Å². The molecular weight excluding hydrogens is 1790 g/mol. The molecule has 0 aliphatic carbocycles. The minimum absolute atomic E-state index is 0.107.